The molecule has 2 aromatic rings. The Kier molecular flexibility index (Phi) is 2.60. The predicted octanol–water partition coefficient (Wildman–Crippen LogP) is 3.85. The molecule has 0 amide bonds. The third-order valence-corrected chi connectivity index (χ3v) is 3.16. The Labute approximate surface area is 91.7 Å². The molecule has 0 bridgehead atoms. The second-order valence-corrected chi connectivity index (χ2v) is 4.23. The standard InChI is InChI=1S/C9H4BrF2NS/c10-8-4-7(14-13-8)5-2-1-3-6(11)9(5)12/h1-4H. The average molecular weight is 276 g/mol. The van der Waals surface area contributed by atoms with Crippen molar-refractivity contribution in [2.24, 2.45) is 0 Å². The Hall–Kier alpha value is -0.810. The third-order valence-electron chi connectivity index (χ3n) is 1.70. The summed E-state index contributed by atoms with van der Waals surface area (Å²) in [7, 11) is 0. The predicted molar refractivity (Wildman–Crippen MR) is 55.2 cm³/mol. The summed E-state index contributed by atoms with van der Waals surface area (Å²) in [5.41, 5.74) is 0.244. The van der Waals surface area contributed by atoms with Crippen LogP contribution in [0.15, 0.2) is 28.9 Å². The quantitative estimate of drug-likeness (QED) is 0.771. The maximum atomic E-state index is 13.3. The highest BCUT2D eigenvalue weighted by molar-refractivity contribution is 9.10. The lowest BCUT2D eigenvalue weighted by atomic mass is 10.2. The van der Waals surface area contributed by atoms with E-state index in [1.54, 1.807) is 6.07 Å². The Morgan fingerprint density at radius 1 is 1.29 bits per heavy atom. The summed E-state index contributed by atoms with van der Waals surface area (Å²) in [5, 5.41) is 0. The SMILES string of the molecule is Fc1cccc(-c2cc(Br)ns2)c1F. The first kappa shape index (κ1) is 9.73. The summed E-state index contributed by atoms with van der Waals surface area (Å²) in [5.74, 6) is -1.67. The van der Waals surface area contributed by atoms with E-state index < -0.39 is 11.6 Å². The lowest BCUT2D eigenvalue weighted by molar-refractivity contribution is 0.511. The van der Waals surface area contributed by atoms with Crippen LogP contribution < -0.4 is 0 Å². The molecule has 1 aromatic heterocycles. The van der Waals surface area contributed by atoms with Crippen molar-refractivity contribution in [2.45, 2.75) is 0 Å². The van der Waals surface area contributed by atoms with E-state index in [1.165, 1.54) is 12.1 Å². The number of aromatic nitrogens is 1. The summed E-state index contributed by atoms with van der Waals surface area (Å²) in [6, 6.07) is 5.75. The van der Waals surface area contributed by atoms with Crippen LogP contribution >= 0.6 is 27.5 Å². The van der Waals surface area contributed by atoms with Crippen molar-refractivity contribution in [1.29, 1.82) is 0 Å². The molecule has 0 aliphatic carbocycles. The van der Waals surface area contributed by atoms with Crippen LogP contribution in [0.4, 0.5) is 8.78 Å². The van der Waals surface area contributed by atoms with E-state index in [0.29, 0.717) is 9.48 Å². The van der Waals surface area contributed by atoms with Crippen molar-refractivity contribution in [3.05, 3.63) is 40.5 Å². The van der Waals surface area contributed by atoms with Crippen molar-refractivity contribution in [2.75, 3.05) is 0 Å². The Bertz CT molecular complexity index is 470. The molecule has 0 aliphatic rings. The van der Waals surface area contributed by atoms with Crippen molar-refractivity contribution in [3.8, 4) is 10.4 Å². The number of hydrogen-bond acceptors (Lipinski definition) is 2. The van der Waals surface area contributed by atoms with E-state index >= 15 is 0 Å². The van der Waals surface area contributed by atoms with Gasteiger partial charge in [-0.3, -0.25) is 0 Å². The van der Waals surface area contributed by atoms with Crippen LogP contribution in [0.2, 0.25) is 0 Å². The molecule has 0 fully saturated rings. The molecular weight excluding hydrogens is 272 g/mol. The van der Waals surface area contributed by atoms with Gasteiger partial charge in [0.25, 0.3) is 0 Å². The van der Waals surface area contributed by atoms with Gasteiger partial charge in [-0.25, -0.2) is 8.78 Å². The van der Waals surface area contributed by atoms with Crippen LogP contribution in [0.3, 0.4) is 0 Å². The summed E-state index contributed by atoms with van der Waals surface area (Å²) < 4.78 is 30.7. The molecule has 1 nitrogen and oxygen atoms in total. The van der Waals surface area contributed by atoms with Gasteiger partial charge in [-0.05, 0) is 39.6 Å². The highest BCUT2D eigenvalue weighted by Gasteiger charge is 2.11. The molecule has 0 atom stereocenters. The molecule has 0 radical (unpaired) electrons. The number of rotatable bonds is 1. The van der Waals surface area contributed by atoms with Gasteiger partial charge in [-0.1, -0.05) is 12.1 Å². The Morgan fingerprint density at radius 2 is 2.07 bits per heavy atom. The van der Waals surface area contributed by atoms with E-state index in [-0.39, 0.29) is 5.56 Å². The van der Waals surface area contributed by atoms with Crippen LogP contribution in [0.5, 0.6) is 0 Å². The maximum absolute atomic E-state index is 13.3. The van der Waals surface area contributed by atoms with Gasteiger partial charge in [0.2, 0.25) is 0 Å². The van der Waals surface area contributed by atoms with Gasteiger partial charge in [0, 0.05) is 5.56 Å². The molecule has 0 spiro atoms. The Balaban J connectivity index is 2.57. The summed E-state index contributed by atoms with van der Waals surface area (Å²) in [6.45, 7) is 0. The van der Waals surface area contributed by atoms with Gasteiger partial charge in [-0.2, -0.15) is 4.37 Å². The molecule has 2 rings (SSSR count). The lowest BCUT2D eigenvalue weighted by Gasteiger charge is -1.98. The molecule has 5 heteroatoms. The first-order valence-corrected chi connectivity index (χ1v) is 5.32. The van der Waals surface area contributed by atoms with Crippen molar-refractivity contribution >= 4 is 27.5 Å². The van der Waals surface area contributed by atoms with Crippen LogP contribution in [-0.2, 0) is 0 Å². The highest BCUT2D eigenvalue weighted by atomic mass is 79.9. The molecule has 1 aromatic carbocycles. The van der Waals surface area contributed by atoms with Gasteiger partial charge in [0.1, 0.15) is 4.60 Å². The van der Waals surface area contributed by atoms with Gasteiger partial charge < -0.3 is 0 Å². The first-order chi connectivity index (χ1) is 6.68. The largest absolute Gasteiger partial charge is 0.204 e. The zero-order valence-electron chi connectivity index (χ0n) is 6.80. The van der Waals surface area contributed by atoms with E-state index in [0.717, 1.165) is 17.6 Å². The molecule has 0 unspecified atom stereocenters. The van der Waals surface area contributed by atoms with Crippen molar-refractivity contribution in [3.63, 3.8) is 0 Å². The van der Waals surface area contributed by atoms with E-state index in [2.05, 4.69) is 20.3 Å². The molecule has 0 saturated heterocycles. The minimum absolute atomic E-state index is 0.244. The molecular formula is C9H4BrF2NS. The highest BCUT2D eigenvalue weighted by Crippen LogP contribution is 2.29. The fourth-order valence-electron chi connectivity index (χ4n) is 1.07. The Morgan fingerprint density at radius 3 is 2.71 bits per heavy atom. The number of benzene rings is 1. The zero-order chi connectivity index (χ0) is 10.1. The monoisotopic (exact) mass is 275 g/mol. The fourth-order valence-corrected chi connectivity index (χ4v) is 2.33. The summed E-state index contributed by atoms with van der Waals surface area (Å²) in [4.78, 5) is 0.605. The van der Waals surface area contributed by atoms with E-state index in [9.17, 15) is 8.78 Å². The van der Waals surface area contributed by atoms with Crippen LogP contribution in [0.1, 0.15) is 0 Å². The normalized spacial score (nSPS) is 10.5. The molecule has 14 heavy (non-hydrogen) atoms. The van der Waals surface area contributed by atoms with Gasteiger partial charge in [-0.15, -0.1) is 0 Å². The second kappa shape index (κ2) is 3.74. The third kappa shape index (κ3) is 1.69. The second-order valence-electron chi connectivity index (χ2n) is 2.62. The van der Waals surface area contributed by atoms with Gasteiger partial charge in [0.15, 0.2) is 11.6 Å². The van der Waals surface area contributed by atoms with Crippen molar-refractivity contribution in [1.82, 2.24) is 4.37 Å². The van der Waals surface area contributed by atoms with Crippen LogP contribution in [0.25, 0.3) is 10.4 Å². The fraction of sp³-hybridized carbons (Fsp3) is 0. The van der Waals surface area contributed by atoms with E-state index in [4.69, 9.17) is 0 Å². The molecule has 1 heterocycles. The first-order valence-electron chi connectivity index (χ1n) is 3.75. The number of hydrogen-bond donors (Lipinski definition) is 0. The summed E-state index contributed by atoms with van der Waals surface area (Å²) >= 11 is 4.28. The average Bonchev–Trinajstić information content (AvgIpc) is 2.57. The number of halogens is 3. The number of nitrogens with zero attached hydrogens (tertiary/aromatic N) is 1. The van der Waals surface area contributed by atoms with Gasteiger partial charge >= 0.3 is 0 Å². The maximum Gasteiger partial charge on any atom is 0.167 e. The van der Waals surface area contributed by atoms with Crippen LogP contribution in [-0.4, -0.2) is 4.37 Å². The molecule has 0 saturated carbocycles. The minimum Gasteiger partial charge on any atom is -0.204 e. The van der Waals surface area contributed by atoms with Crippen molar-refractivity contribution < 1.29 is 8.78 Å². The van der Waals surface area contributed by atoms with E-state index in [1.807, 2.05) is 0 Å². The molecule has 72 valence electrons. The topological polar surface area (TPSA) is 12.9 Å². The smallest absolute Gasteiger partial charge is 0.167 e. The molecule has 0 N–H and O–H groups in total. The minimum atomic E-state index is -0.841. The van der Waals surface area contributed by atoms with Gasteiger partial charge in [0.05, 0.1) is 4.88 Å². The molecule has 0 aliphatic heterocycles. The lowest BCUT2D eigenvalue weighted by Crippen LogP contribution is -1.86. The zero-order valence-corrected chi connectivity index (χ0v) is 9.20. The van der Waals surface area contributed by atoms with Crippen LogP contribution in [0, 0.1) is 11.6 Å². The summed E-state index contributed by atoms with van der Waals surface area (Å²) in [6.07, 6.45) is 0.